The number of allylic oxidation sites excluding steroid dienone is 2. The van der Waals surface area contributed by atoms with E-state index in [9.17, 15) is 21.4 Å². The van der Waals surface area contributed by atoms with E-state index in [1.807, 2.05) is 49.4 Å². The van der Waals surface area contributed by atoms with Crippen LogP contribution in [0.2, 0.25) is 0 Å². The fourth-order valence-corrected chi connectivity index (χ4v) is 7.60. The Bertz CT molecular complexity index is 1590. The van der Waals surface area contributed by atoms with Crippen molar-refractivity contribution in [1.29, 1.82) is 0 Å². The molecule has 2 N–H and O–H groups in total. The first-order chi connectivity index (χ1) is 17.9. The Morgan fingerprint density at radius 1 is 1.05 bits per heavy atom. The molecule has 4 rings (SSSR count). The lowest BCUT2D eigenvalue weighted by Crippen LogP contribution is -2.35. The third kappa shape index (κ3) is 7.25. The summed E-state index contributed by atoms with van der Waals surface area (Å²) < 4.78 is 67.1. The van der Waals surface area contributed by atoms with Gasteiger partial charge >= 0.3 is 0 Å². The number of thiazole rings is 1. The summed E-state index contributed by atoms with van der Waals surface area (Å²) in [5, 5.41) is 1.14. The number of aromatic nitrogens is 1. The van der Waals surface area contributed by atoms with Gasteiger partial charge in [-0.3, -0.25) is 9.11 Å². The number of thioether (sulfide) groups is 1. The van der Waals surface area contributed by atoms with Gasteiger partial charge in [-0.05, 0) is 56.5 Å². The zero-order chi connectivity index (χ0) is 27.5. The molecule has 0 bridgehead atoms. The van der Waals surface area contributed by atoms with Crippen LogP contribution in [0.4, 0.5) is 5.69 Å². The SMILES string of the molecule is CC(=Cc1sc2ccccc2[n+]1CCCCS(=O)(=O)O)C=C1Sc2ccccc2N1CCC(C)S(=O)(=O)O. The summed E-state index contributed by atoms with van der Waals surface area (Å²) in [5.74, 6) is -0.254. The van der Waals surface area contributed by atoms with Gasteiger partial charge in [-0.2, -0.15) is 21.4 Å². The molecule has 0 fully saturated rings. The molecular formula is C26H31N2O6S4+. The van der Waals surface area contributed by atoms with E-state index in [-0.39, 0.29) is 12.2 Å². The van der Waals surface area contributed by atoms with Gasteiger partial charge in [-0.25, -0.2) is 0 Å². The zero-order valence-electron chi connectivity index (χ0n) is 21.1. The molecule has 1 aliphatic rings. The lowest BCUT2D eigenvalue weighted by Gasteiger charge is -2.22. The number of unbranched alkanes of at least 4 members (excludes halogenated alkanes) is 1. The number of hydrogen-bond acceptors (Lipinski definition) is 7. The van der Waals surface area contributed by atoms with Crippen LogP contribution < -0.4 is 9.47 Å². The minimum absolute atomic E-state index is 0.254. The lowest BCUT2D eigenvalue weighted by molar-refractivity contribution is -0.669. The second-order valence-corrected chi connectivity index (χ2v) is 14.8. The molecule has 0 saturated heterocycles. The van der Waals surface area contributed by atoms with Crippen LogP contribution in [0.3, 0.4) is 0 Å². The Morgan fingerprint density at radius 2 is 1.76 bits per heavy atom. The molecular weight excluding hydrogens is 565 g/mol. The number of aryl methyl sites for hydroxylation is 1. The molecule has 1 aliphatic heterocycles. The summed E-state index contributed by atoms with van der Waals surface area (Å²) in [5.41, 5.74) is 3.08. The standard InChI is InChI=1S/C26H30N2O6S4/c1-19(17-25-27(14-7-8-16-37(29,30)31)21-9-3-5-11-23(21)35-25)18-26-28(15-13-20(2)38(32,33)34)22-10-4-6-12-24(22)36-26/h3-6,9-12,17-18,20H,7-8,13-16H2,1-2H3,(H-,29,30,31,32,33,34)/p+1. The highest BCUT2D eigenvalue weighted by Gasteiger charge is 2.27. The van der Waals surface area contributed by atoms with Gasteiger partial charge in [0, 0.05) is 30.0 Å². The van der Waals surface area contributed by atoms with Crippen LogP contribution in [0.1, 0.15) is 38.1 Å². The maximum absolute atomic E-state index is 11.6. The topological polar surface area (TPSA) is 116 Å². The highest BCUT2D eigenvalue weighted by atomic mass is 32.2. The summed E-state index contributed by atoms with van der Waals surface area (Å²) in [4.78, 5) is 3.18. The van der Waals surface area contributed by atoms with Gasteiger partial charge in [-0.15, -0.1) is 0 Å². The van der Waals surface area contributed by atoms with Crippen molar-refractivity contribution in [2.75, 3.05) is 17.2 Å². The molecule has 1 unspecified atom stereocenters. The molecule has 3 aromatic rings. The van der Waals surface area contributed by atoms with Crippen molar-refractivity contribution in [2.45, 2.75) is 49.8 Å². The van der Waals surface area contributed by atoms with Gasteiger partial charge in [0.25, 0.3) is 25.2 Å². The lowest BCUT2D eigenvalue weighted by atomic mass is 10.2. The average Bonchev–Trinajstić information content (AvgIpc) is 3.36. The number of rotatable bonds is 11. The third-order valence-corrected chi connectivity index (χ3v) is 10.6. The number of fused-ring (bicyclic) bond motifs is 2. The molecule has 0 aliphatic carbocycles. The predicted octanol–water partition coefficient (Wildman–Crippen LogP) is 5.38. The third-order valence-electron chi connectivity index (χ3n) is 6.28. The summed E-state index contributed by atoms with van der Waals surface area (Å²) >= 11 is 3.27. The highest BCUT2D eigenvalue weighted by molar-refractivity contribution is 8.03. The van der Waals surface area contributed by atoms with Crippen molar-refractivity contribution >= 4 is 65.3 Å². The first kappa shape index (κ1) is 28.8. The number of hydrogen-bond donors (Lipinski definition) is 2. The van der Waals surface area contributed by atoms with Crippen molar-refractivity contribution in [3.05, 3.63) is 70.2 Å². The molecule has 8 nitrogen and oxygen atoms in total. The predicted molar refractivity (Wildman–Crippen MR) is 155 cm³/mol. The summed E-state index contributed by atoms with van der Waals surface area (Å²) in [7, 11) is -8.08. The van der Waals surface area contributed by atoms with Gasteiger partial charge in [0.1, 0.15) is 4.70 Å². The van der Waals surface area contributed by atoms with E-state index in [0.29, 0.717) is 25.9 Å². The molecule has 0 radical (unpaired) electrons. The first-order valence-corrected chi connectivity index (χ1v) is 16.9. The number of anilines is 1. The van der Waals surface area contributed by atoms with Crippen LogP contribution >= 0.6 is 23.1 Å². The zero-order valence-corrected chi connectivity index (χ0v) is 24.4. The Labute approximate surface area is 232 Å². The van der Waals surface area contributed by atoms with E-state index in [1.165, 1.54) is 6.92 Å². The van der Waals surface area contributed by atoms with Crippen LogP contribution in [0, 0.1) is 0 Å². The second-order valence-electron chi connectivity index (χ2n) is 9.26. The van der Waals surface area contributed by atoms with Crippen molar-refractivity contribution in [3.63, 3.8) is 0 Å². The van der Waals surface area contributed by atoms with E-state index in [1.54, 1.807) is 23.1 Å². The Balaban J connectivity index is 1.61. The smallest absolute Gasteiger partial charge is 0.267 e. The summed E-state index contributed by atoms with van der Waals surface area (Å²) in [6.45, 7) is 4.59. The van der Waals surface area contributed by atoms with E-state index in [0.717, 1.165) is 36.4 Å². The molecule has 204 valence electrons. The molecule has 0 amide bonds. The van der Waals surface area contributed by atoms with Crippen molar-refractivity contribution in [3.8, 4) is 0 Å². The Hall–Kier alpha value is -2.22. The fourth-order valence-electron chi connectivity index (χ4n) is 4.23. The molecule has 0 saturated carbocycles. The van der Waals surface area contributed by atoms with Crippen molar-refractivity contribution < 1.29 is 30.5 Å². The number of benzene rings is 2. The second kappa shape index (κ2) is 11.9. The largest absolute Gasteiger partial charge is 0.335 e. The van der Waals surface area contributed by atoms with Crippen LogP contribution in [-0.4, -0.2) is 43.5 Å². The van der Waals surface area contributed by atoms with Gasteiger partial charge in [0.15, 0.2) is 6.54 Å². The molecule has 38 heavy (non-hydrogen) atoms. The maximum Gasteiger partial charge on any atom is 0.267 e. The molecule has 2 aromatic carbocycles. The molecule has 2 heterocycles. The maximum atomic E-state index is 11.6. The average molecular weight is 596 g/mol. The highest BCUT2D eigenvalue weighted by Crippen LogP contribution is 2.46. The molecule has 1 aromatic heterocycles. The minimum atomic E-state index is -4.10. The van der Waals surface area contributed by atoms with Gasteiger partial charge in [0.05, 0.1) is 21.7 Å². The number of nitrogens with zero attached hydrogens (tertiary/aromatic N) is 2. The molecule has 1 atom stereocenters. The first-order valence-electron chi connectivity index (χ1n) is 12.2. The Morgan fingerprint density at radius 3 is 2.50 bits per heavy atom. The van der Waals surface area contributed by atoms with E-state index >= 15 is 0 Å². The monoisotopic (exact) mass is 595 g/mol. The summed E-state index contributed by atoms with van der Waals surface area (Å²) in [6, 6.07) is 16.0. The van der Waals surface area contributed by atoms with Crippen LogP contribution in [-0.2, 0) is 26.8 Å². The van der Waals surface area contributed by atoms with E-state index in [2.05, 4.69) is 27.7 Å². The van der Waals surface area contributed by atoms with Crippen LogP contribution in [0.15, 0.2) is 70.1 Å². The van der Waals surface area contributed by atoms with Crippen molar-refractivity contribution in [2.24, 2.45) is 0 Å². The quantitative estimate of drug-likeness (QED) is 0.172. The van der Waals surface area contributed by atoms with Crippen LogP contribution in [0.25, 0.3) is 16.3 Å². The van der Waals surface area contributed by atoms with Gasteiger partial charge in [-0.1, -0.05) is 47.4 Å². The van der Waals surface area contributed by atoms with Crippen LogP contribution in [0.5, 0.6) is 0 Å². The van der Waals surface area contributed by atoms with Gasteiger partial charge in [0.2, 0.25) is 5.52 Å². The van der Waals surface area contributed by atoms with E-state index < -0.39 is 25.5 Å². The summed E-state index contributed by atoms with van der Waals surface area (Å²) in [6.07, 6.45) is 5.44. The minimum Gasteiger partial charge on any atom is -0.335 e. The molecule has 12 heteroatoms. The fraction of sp³-hybridized carbons (Fsp3) is 0.346. The van der Waals surface area contributed by atoms with Gasteiger partial charge < -0.3 is 4.90 Å². The Kier molecular flexibility index (Phi) is 9.00. The number of para-hydroxylation sites is 2. The normalized spacial score (nSPS) is 16.4. The van der Waals surface area contributed by atoms with E-state index in [4.69, 9.17) is 4.55 Å². The van der Waals surface area contributed by atoms with Crippen molar-refractivity contribution in [1.82, 2.24) is 0 Å². The molecule has 0 spiro atoms.